The van der Waals surface area contributed by atoms with Gasteiger partial charge in [0.1, 0.15) is 6.67 Å². The van der Waals surface area contributed by atoms with E-state index in [1.165, 1.54) is 19.1 Å². The lowest BCUT2D eigenvalue weighted by Crippen LogP contribution is -2.26. The largest absolute Gasteiger partial charge is 0.505 e. The molecule has 0 amide bonds. The van der Waals surface area contributed by atoms with Gasteiger partial charge >= 0.3 is 0 Å². The van der Waals surface area contributed by atoms with Crippen LogP contribution < -0.4 is 0 Å². The van der Waals surface area contributed by atoms with Crippen molar-refractivity contribution in [2.75, 3.05) is 6.67 Å². The Hall–Kier alpha value is -2.17. The Morgan fingerprint density at radius 2 is 1.30 bits per heavy atom. The number of aromatic hydroxyl groups is 2. The predicted molar refractivity (Wildman–Crippen MR) is 68.6 cm³/mol. The van der Waals surface area contributed by atoms with Gasteiger partial charge in [-0.25, -0.2) is 13.2 Å². The Morgan fingerprint density at radius 1 is 0.900 bits per heavy atom. The van der Waals surface area contributed by atoms with Crippen molar-refractivity contribution in [2.45, 2.75) is 12.3 Å². The van der Waals surface area contributed by atoms with Gasteiger partial charge in [-0.3, -0.25) is 0 Å². The summed E-state index contributed by atoms with van der Waals surface area (Å²) < 4.78 is 40.3. The molecule has 2 aromatic rings. The van der Waals surface area contributed by atoms with Gasteiger partial charge in [0.25, 0.3) is 0 Å². The number of hydrogen-bond acceptors (Lipinski definition) is 2. The van der Waals surface area contributed by atoms with Crippen LogP contribution in [0.15, 0.2) is 36.4 Å². The molecule has 2 aromatic carbocycles. The molecule has 0 aliphatic rings. The molecule has 0 aliphatic carbocycles. The molecule has 20 heavy (non-hydrogen) atoms. The highest BCUT2D eigenvalue weighted by molar-refractivity contribution is 5.43. The van der Waals surface area contributed by atoms with Crippen LogP contribution in [0, 0.1) is 11.6 Å². The number of phenolic OH excluding ortho intramolecular Hbond substituents is 2. The normalized spacial score (nSPS) is 11.6. The Labute approximate surface area is 114 Å². The number of rotatable bonds is 3. The van der Waals surface area contributed by atoms with Gasteiger partial charge in [-0.15, -0.1) is 0 Å². The molecular formula is C15H13F3O2. The van der Waals surface area contributed by atoms with Crippen LogP contribution in [0.4, 0.5) is 13.2 Å². The minimum absolute atomic E-state index is 0.264. The van der Waals surface area contributed by atoms with Gasteiger partial charge in [0.2, 0.25) is 0 Å². The van der Waals surface area contributed by atoms with Gasteiger partial charge in [-0.1, -0.05) is 12.1 Å². The van der Waals surface area contributed by atoms with E-state index in [0.29, 0.717) is 0 Å². The lowest BCUT2D eigenvalue weighted by atomic mass is 9.77. The summed E-state index contributed by atoms with van der Waals surface area (Å²) in [7, 11) is 0. The Bertz CT molecular complexity index is 590. The molecule has 0 saturated carbocycles. The maximum Gasteiger partial charge on any atom is 0.165 e. The summed E-state index contributed by atoms with van der Waals surface area (Å²) in [5.41, 5.74) is -0.746. The molecular weight excluding hydrogens is 269 g/mol. The third-order valence-corrected chi connectivity index (χ3v) is 3.44. The van der Waals surface area contributed by atoms with Gasteiger partial charge in [-0.2, -0.15) is 0 Å². The maximum atomic E-state index is 13.5. The van der Waals surface area contributed by atoms with Gasteiger partial charge in [0.15, 0.2) is 23.1 Å². The number of benzene rings is 2. The second-order valence-electron chi connectivity index (χ2n) is 4.80. The van der Waals surface area contributed by atoms with Crippen molar-refractivity contribution in [3.8, 4) is 11.5 Å². The fourth-order valence-corrected chi connectivity index (χ4v) is 2.02. The smallest absolute Gasteiger partial charge is 0.165 e. The van der Waals surface area contributed by atoms with Gasteiger partial charge in [0.05, 0.1) is 0 Å². The summed E-state index contributed by atoms with van der Waals surface area (Å²) in [5, 5.41) is 18.3. The van der Waals surface area contributed by atoms with Crippen LogP contribution in [0.5, 0.6) is 11.5 Å². The molecule has 0 radical (unpaired) electrons. The summed E-state index contributed by atoms with van der Waals surface area (Å²) in [5.74, 6) is -2.82. The van der Waals surface area contributed by atoms with E-state index in [1.807, 2.05) is 0 Å². The molecule has 2 nitrogen and oxygen atoms in total. The first-order valence-electron chi connectivity index (χ1n) is 5.92. The zero-order chi connectivity index (χ0) is 14.9. The third-order valence-electron chi connectivity index (χ3n) is 3.44. The summed E-state index contributed by atoms with van der Waals surface area (Å²) in [6.45, 7) is 0.603. The first kappa shape index (κ1) is 14.2. The van der Waals surface area contributed by atoms with Crippen molar-refractivity contribution in [1.82, 2.24) is 0 Å². The molecule has 0 saturated heterocycles. The first-order valence-corrected chi connectivity index (χ1v) is 5.92. The standard InChI is InChI=1S/C15H13F3O2/c1-15(8-16,9-2-4-13(19)11(17)6-9)10-3-5-14(20)12(18)7-10/h2-7,19-20H,8H2,1H3. The van der Waals surface area contributed by atoms with Crippen LogP contribution in [-0.4, -0.2) is 16.9 Å². The summed E-state index contributed by atoms with van der Waals surface area (Å²) in [4.78, 5) is 0. The van der Waals surface area contributed by atoms with Gasteiger partial charge < -0.3 is 10.2 Å². The lowest BCUT2D eigenvalue weighted by molar-refractivity contribution is 0.367. The zero-order valence-corrected chi connectivity index (χ0v) is 10.7. The van der Waals surface area contributed by atoms with Crippen molar-refractivity contribution in [2.24, 2.45) is 0 Å². The lowest BCUT2D eigenvalue weighted by Gasteiger charge is -2.28. The fourth-order valence-electron chi connectivity index (χ4n) is 2.02. The van der Waals surface area contributed by atoms with Crippen LogP contribution in [0.3, 0.4) is 0 Å². The van der Waals surface area contributed by atoms with Crippen LogP contribution in [0.25, 0.3) is 0 Å². The molecule has 2 rings (SSSR count). The predicted octanol–water partition coefficient (Wildman–Crippen LogP) is 3.65. The topological polar surface area (TPSA) is 40.5 Å². The molecule has 0 aliphatic heterocycles. The first-order chi connectivity index (χ1) is 9.38. The van der Waals surface area contributed by atoms with Gasteiger partial charge in [0, 0.05) is 5.41 Å². The van der Waals surface area contributed by atoms with Crippen molar-refractivity contribution >= 4 is 0 Å². The highest BCUT2D eigenvalue weighted by Crippen LogP contribution is 2.35. The Balaban J connectivity index is 2.57. The number of phenols is 2. The highest BCUT2D eigenvalue weighted by Gasteiger charge is 2.30. The number of hydrogen-bond donors (Lipinski definition) is 2. The third kappa shape index (κ3) is 2.31. The quantitative estimate of drug-likeness (QED) is 0.902. The maximum absolute atomic E-state index is 13.5. The summed E-state index contributed by atoms with van der Waals surface area (Å²) in [6.07, 6.45) is 0. The molecule has 0 aromatic heterocycles. The molecule has 5 heteroatoms. The molecule has 0 unspecified atom stereocenters. The highest BCUT2D eigenvalue weighted by atomic mass is 19.1. The summed E-state index contributed by atoms with van der Waals surface area (Å²) >= 11 is 0. The summed E-state index contributed by atoms with van der Waals surface area (Å²) in [6, 6.07) is 7.02. The molecule has 0 atom stereocenters. The van der Waals surface area contributed by atoms with E-state index < -0.39 is 35.2 Å². The second kappa shape index (κ2) is 5.07. The van der Waals surface area contributed by atoms with Crippen molar-refractivity contribution in [3.05, 3.63) is 59.2 Å². The van der Waals surface area contributed by atoms with Crippen LogP contribution in [0.1, 0.15) is 18.1 Å². The molecule has 0 spiro atoms. The Morgan fingerprint density at radius 3 is 1.60 bits per heavy atom. The van der Waals surface area contributed by atoms with E-state index in [4.69, 9.17) is 0 Å². The fraction of sp³-hybridized carbons (Fsp3) is 0.200. The van der Waals surface area contributed by atoms with E-state index in [-0.39, 0.29) is 11.1 Å². The van der Waals surface area contributed by atoms with E-state index >= 15 is 0 Å². The van der Waals surface area contributed by atoms with E-state index in [2.05, 4.69) is 0 Å². The van der Waals surface area contributed by atoms with Crippen molar-refractivity contribution in [3.63, 3.8) is 0 Å². The van der Waals surface area contributed by atoms with E-state index in [0.717, 1.165) is 24.3 Å². The zero-order valence-electron chi connectivity index (χ0n) is 10.7. The number of halogens is 3. The average molecular weight is 282 g/mol. The van der Waals surface area contributed by atoms with E-state index in [1.54, 1.807) is 0 Å². The van der Waals surface area contributed by atoms with Crippen LogP contribution >= 0.6 is 0 Å². The SMILES string of the molecule is CC(CF)(c1ccc(O)c(F)c1)c1ccc(O)c(F)c1. The van der Waals surface area contributed by atoms with Crippen LogP contribution in [-0.2, 0) is 5.41 Å². The van der Waals surface area contributed by atoms with Crippen molar-refractivity contribution < 1.29 is 23.4 Å². The average Bonchev–Trinajstić information content (AvgIpc) is 2.44. The molecule has 0 bridgehead atoms. The molecule has 106 valence electrons. The minimum Gasteiger partial charge on any atom is -0.505 e. The number of alkyl halides is 1. The van der Waals surface area contributed by atoms with E-state index in [9.17, 15) is 23.4 Å². The molecule has 0 fully saturated rings. The minimum atomic E-state index is -1.27. The monoisotopic (exact) mass is 282 g/mol. The van der Waals surface area contributed by atoms with Crippen LogP contribution in [0.2, 0.25) is 0 Å². The van der Waals surface area contributed by atoms with Gasteiger partial charge in [-0.05, 0) is 42.3 Å². The van der Waals surface area contributed by atoms with Crippen molar-refractivity contribution in [1.29, 1.82) is 0 Å². The molecule has 2 N–H and O–H groups in total. The molecule has 0 heterocycles. The second-order valence-corrected chi connectivity index (χ2v) is 4.80. The Kier molecular flexibility index (Phi) is 3.61.